The Labute approximate surface area is 119 Å². The summed E-state index contributed by atoms with van der Waals surface area (Å²) in [6.45, 7) is 4.88. The first-order chi connectivity index (χ1) is 9.63. The maximum absolute atomic E-state index is 6.14. The van der Waals surface area contributed by atoms with Crippen molar-refractivity contribution in [1.29, 1.82) is 0 Å². The maximum atomic E-state index is 6.14. The van der Waals surface area contributed by atoms with E-state index in [4.69, 9.17) is 11.5 Å². The average Bonchev–Trinajstić information content (AvgIpc) is 2.43. The number of nitrogen functional groups attached to an aromatic ring is 1. The van der Waals surface area contributed by atoms with Crippen molar-refractivity contribution in [3.63, 3.8) is 0 Å². The first-order valence-corrected chi connectivity index (χ1v) is 7.12. The van der Waals surface area contributed by atoms with E-state index < -0.39 is 0 Å². The molecule has 5 nitrogen and oxygen atoms in total. The van der Waals surface area contributed by atoms with Crippen LogP contribution in [-0.4, -0.2) is 34.0 Å². The molecule has 1 fully saturated rings. The summed E-state index contributed by atoms with van der Waals surface area (Å²) in [5, 5.41) is 0.917. The predicted molar refractivity (Wildman–Crippen MR) is 81.0 cm³/mol. The number of hydrogen-bond donors (Lipinski definition) is 2. The van der Waals surface area contributed by atoms with Crippen molar-refractivity contribution in [2.24, 2.45) is 11.7 Å². The number of aromatic nitrogens is 2. The van der Waals surface area contributed by atoms with Crippen LogP contribution < -0.4 is 11.5 Å². The van der Waals surface area contributed by atoms with Gasteiger partial charge in [0.1, 0.15) is 11.6 Å². The highest BCUT2D eigenvalue weighted by Crippen LogP contribution is 2.20. The van der Waals surface area contributed by atoms with Crippen LogP contribution in [0.2, 0.25) is 0 Å². The zero-order chi connectivity index (χ0) is 14.1. The van der Waals surface area contributed by atoms with Gasteiger partial charge in [-0.1, -0.05) is 19.1 Å². The largest absolute Gasteiger partial charge is 0.383 e. The van der Waals surface area contributed by atoms with Gasteiger partial charge in [0.15, 0.2) is 0 Å². The molecule has 2 heterocycles. The van der Waals surface area contributed by atoms with Crippen molar-refractivity contribution in [2.45, 2.75) is 25.9 Å². The fourth-order valence-corrected chi connectivity index (χ4v) is 2.74. The van der Waals surface area contributed by atoms with E-state index >= 15 is 0 Å². The molecule has 20 heavy (non-hydrogen) atoms. The zero-order valence-electron chi connectivity index (χ0n) is 11.8. The number of nitrogens with two attached hydrogens (primary N) is 2. The smallest absolute Gasteiger partial charge is 0.145 e. The summed E-state index contributed by atoms with van der Waals surface area (Å²) in [7, 11) is 0. The molecule has 4 N–H and O–H groups in total. The second-order valence-corrected chi connectivity index (χ2v) is 5.71. The molecule has 1 aromatic carbocycles. The monoisotopic (exact) mass is 271 g/mol. The lowest BCUT2D eigenvalue weighted by Crippen LogP contribution is -2.47. The Morgan fingerprint density at radius 2 is 2.10 bits per heavy atom. The van der Waals surface area contributed by atoms with Gasteiger partial charge in [-0.2, -0.15) is 0 Å². The van der Waals surface area contributed by atoms with Crippen LogP contribution in [0.4, 0.5) is 5.82 Å². The molecule has 0 radical (unpaired) electrons. The van der Waals surface area contributed by atoms with Gasteiger partial charge in [-0.25, -0.2) is 9.97 Å². The van der Waals surface area contributed by atoms with Crippen molar-refractivity contribution < 1.29 is 0 Å². The fourth-order valence-electron chi connectivity index (χ4n) is 2.74. The number of rotatable bonds is 2. The predicted octanol–water partition coefficient (Wildman–Crippen LogP) is 1.38. The Morgan fingerprint density at radius 3 is 2.90 bits per heavy atom. The quantitative estimate of drug-likeness (QED) is 0.862. The Balaban J connectivity index is 1.81. The summed E-state index contributed by atoms with van der Waals surface area (Å²) in [5.74, 6) is 1.93. The van der Waals surface area contributed by atoms with Gasteiger partial charge in [0, 0.05) is 18.0 Å². The molecule has 106 valence electrons. The lowest BCUT2D eigenvalue weighted by atomic mass is 9.94. The zero-order valence-corrected chi connectivity index (χ0v) is 11.8. The van der Waals surface area contributed by atoms with Crippen LogP contribution in [0, 0.1) is 5.92 Å². The third kappa shape index (κ3) is 2.59. The molecule has 0 amide bonds. The molecule has 2 aromatic rings. The summed E-state index contributed by atoms with van der Waals surface area (Å²) in [5.41, 5.74) is 13.1. The molecule has 1 saturated heterocycles. The molecule has 0 bridgehead atoms. The van der Waals surface area contributed by atoms with Gasteiger partial charge in [-0.3, -0.25) is 4.90 Å². The highest BCUT2D eigenvalue weighted by Gasteiger charge is 2.23. The molecular formula is C15H21N5. The highest BCUT2D eigenvalue weighted by atomic mass is 15.2. The average molecular weight is 271 g/mol. The number of likely N-dealkylation sites (tertiary alicyclic amines) is 1. The lowest BCUT2D eigenvalue weighted by Gasteiger charge is -2.34. The minimum atomic E-state index is 0.238. The molecule has 5 heteroatoms. The summed E-state index contributed by atoms with van der Waals surface area (Å²) in [4.78, 5) is 11.3. The molecule has 1 aliphatic rings. The van der Waals surface area contributed by atoms with Crippen LogP contribution in [0.5, 0.6) is 0 Å². The molecule has 2 atom stereocenters. The van der Waals surface area contributed by atoms with E-state index in [1.165, 1.54) is 0 Å². The van der Waals surface area contributed by atoms with E-state index in [-0.39, 0.29) is 6.04 Å². The molecule has 0 saturated carbocycles. The van der Waals surface area contributed by atoms with Crippen LogP contribution in [0.15, 0.2) is 24.3 Å². The number of benzene rings is 1. The van der Waals surface area contributed by atoms with Crippen molar-refractivity contribution in [3.05, 3.63) is 30.1 Å². The summed E-state index contributed by atoms with van der Waals surface area (Å²) >= 11 is 0. The summed E-state index contributed by atoms with van der Waals surface area (Å²) in [6.07, 6.45) is 1.13. The van der Waals surface area contributed by atoms with Crippen LogP contribution in [0.1, 0.15) is 19.2 Å². The molecule has 2 unspecified atom stereocenters. The van der Waals surface area contributed by atoms with Crippen molar-refractivity contribution in [1.82, 2.24) is 14.9 Å². The molecular weight excluding hydrogens is 250 g/mol. The van der Waals surface area contributed by atoms with E-state index in [0.29, 0.717) is 11.7 Å². The van der Waals surface area contributed by atoms with Crippen molar-refractivity contribution in [2.75, 3.05) is 18.8 Å². The third-order valence-electron chi connectivity index (χ3n) is 4.14. The van der Waals surface area contributed by atoms with Gasteiger partial charge in [0.2, 0.25) is 0 Å². The van der Waals surface area contributed by atoms with Gasteiger partial charge < -0.3 is 11.5 Å². The number of nitrogens with zero attached hydrogens (tertiary/aromatic N) is 3. The third-order valence-corrected chi connectivity index (χ3v) is 4.14. The van der Waals surface area contributed by atoms with Gasteiger partial charge in [0.05, 0.1) is 12.1 Å². The number of para-hydroxylation sites is 1. The van der Waals surface area contributed by atoms with Gasteiger partial charge in [0.25, 0.3) is 0 Å². The standard InChI is InChI=1S/C15H21N5/c1-10-6-7-20(8-12(10)16)9-14-18-13-5-3-2-4-11(13)15(17)19-14/h2-5,10,12H,6-9,16H2,1H3,(H2,17,18,19). The van der Waals surface area contributed by atoms with E-state index in [1.807, 2.05) is 24.3 Å². The Bertz CT molecular complexity index is 612. The maximum Gasteiger partial charge on any atom is 0.145 e. The lowest BCUT2D eigenvalue weighted by molar-refractivity contribution is 0.159. The van der Waals surface area contributed by atoms with E-state index in [9.17, 15) is 0 Å². The number of anilines is 1. The molecule has 3 rings (SSSR count). The van der Waals surface area contributed by atoms with Crippen molar-refractivity contribution >= 4 is 16.7 Å². The Kier molecular flexibility index (Phi) is 3.54. The molecule has 0 spiro atoms. The van der Waals surface area contributed by atoms with Crippen molar-refractivity contribution in [3.8, 4) is 0 Å². The number of fused-ring (bicyclic) bond motifs is 1. The van der Waals surface area contributed by atoms with Crippen LogP contribution >= 0.6 is 0 Å². The van der Waals surface area contributed by atoms with E-state index in [0.717, 1.165) is 42.8 Å². The first kappa shape index (κ1) is 13.3. The van der Waals surface area contributed by atoms with Crippen LogP contribution in [0.25, 0.3) is 10.9 Å². The van der Waals surface area contributed by atoms with Gasteiger partial charge >= 0.3 is 0 Å². The Morgan fingerprint density at radius 1 is 1.30 bits per heavy atom. The van der Waals surface area contributed by atoms with Crippen LogP contribution in [0.3, 0.4) is 0 Å². The normalized spacial score (nSPS) is 24.1. The number of piperidine rings is 1. The van der Waals surface area contributed by atoms with Gasteiger partial charge in [-0.15, -0.1) is 0 Å². The second-order valence-electron chi connectivity index (χ2n) is 5.71. The molecule has 1 aliphatic heterocycles. The first-order valence-electron chi connectivity index (χ1n) is 7.12. The molecule has 1 aromatic heterocycles. The number of hydrogen-bond acceptors (Lipinski definition) is 5. The Hall–Kier alpha value is -1.72. The van der Waals surface area contributed by atoms with E-state index in [2.05, 4.69) is 21.8 Å². The summed E-state index contributed by atoms with van der Waals surface area (Å²) < 4.78 is 0. The molecule has 0 aliphatic carbocycles. The minimum Gasteiger partial charge on any atom is -0.383 e. The SMILES string of the molecule is CC1CCN(Cc2nc(N)c3ccccc3n2)CC1N. The second kappa shape index (κ2) is 5.34. The van der Waals surface area contributed by atoms with Crippen LogP contribution in [-0.2, 0) is 6.54 Å². The summed E-state index contributed by atoms with van der Waals surface area (Å²) in [6, 6.07) is 8.08. The topological polar surface area (TPSA) is 81.1 Å². The minimum absolute atomic E-state index is 0.238. The van der Waals surface area contributed by atoms with E-state index in [1.54, 1.807) is 0 Å². The fraction of sp³-hybridized carbons (Fsp3) is 0.467. The highest BCUT2D eigenvalue weighted by molar-refractivity contribution is 5.87. The van der Waals surface area contributed by atoms with Gasteiger partial charge in [-0.05, 0) is 31.0 Å².